The first-order chi connectivity index (χ1) is 9.60. The van der Waals surface area contributed by atoms with Crippen molar-refractivity contribution >= 4 is 16.8 Å². The van der Waals surface area contributed by atoms with E-state index < -0.39 is 0 Å². The minimum absolute atomic E-state index is 0.0181. The zero-order valence-electron chi connectivity index (χ0n) is 12.0. The van der Waals surface area contributed by atoms with E-state index in [1.807, 2.05) is 24.3 Å². The second-order valence-corrected chi connectivity index (χ2v) is 5.53. The van der Waals surface area contributed by atoms with E-state index in [1.54, 1.807) is 0 Å². The standard InChI is InChI=1S/C15H22N4O/c1-10(2)7-11(9-16)17-15(20)8-14-12-5-3-4-6-13(12)18-19-14/h3-6,10-11H,7-9,16H2,1-2H3,(H,17,20)(H,18,19). The van der Waals surface area contributed by atoms with Crippen LogP contribution in [0.3, 0.4) is 0 Å². The van der Waals surface area contributed by atoms with Crippen molar-refractivity contribution in [3.63, 3.8) is 0 Å². The van der Waals surface area contributed by atoms with Crippen LogP contribution in [0.2, 0.25) is 0 Å². The minimum Gasteiger partial charge on any atom is -0.352 e. The molecule has 0 fully saturated rings. The van der Waals surface area contributed by atoms with Crippen molar-refractivity contribution < 1.29 is 4.79 Å². The van der Waals surface area contributed by atoms with Crippen LogP contribution in [0.1, 0.15) is 26.0 Å². The largest absolute Gasteiger partial charge is 0.352 e. The number of nitrogens with one attached hydrogen (secondary N) is 2. The summed E-state index contributed by atoms with van der Waals surface area (Å²) >= 11 is 0. The molecule has 0 spiro atoms. The van der Waals surface area contributed by atoms with Gasteiger partial charge in [-0.25, -0.2) is 0 Å². The van der Waals surface area contributed by atoms with Gasteiger partial charge in [0.05, 0.1) is 17.6 Å². The van der Waals surface area contributed by atoms with E-state index in [2.05, 4.69) is 29.4 Å². The van der Waals surface area contributed by atoms with Gasteiger partial charge in [0, 0.05) is 18.0 Å². The van der Waals surface area contributed by atoms with Crippen molar-refractivity contribution in [3.8, 4) is 0 Å². The molecule has 1 unspecified atom stereocenters. The number of hydrogen-bond donors (Lipinski definition) is 3. The lowest BCUT2D eigenvalue weighted by Gasteiger charge is -2.18. The van der Waals surface area contributed by atoms with Gasteiger partial charge in [0.2, 0.25) is 5.91 Å². The molecule has 20 heavy (non-hydrogen) atoms. The van der Waals surface area contributed by atoms with E-state index in [4.69, 9.17) is 5.73 Å². The van der Waals surface area contributed by atoms with Crippen LogP contribution in [0.15, 0.2) is 24.3 Å². The first-order valence-corrected chi connectivity index (χ1v) is 7.01. The van der Waals surface area contributed by atoms with Gasteiger partial charge in [-0.15, -0.1) is 0 Å². The number of nitrogens with two attached hydrogens (primary N) is 1. The van der Waals surface area contributed by atoms with Gasteiger partial charge in [0.15, 0.2) is 0 Å². The number of hydrogen-bond acceptors (Lipinski definition) is 3. The van der Waals surface area contributed by atoms with Crippen molar-refractivity contribution in [1.82, 2.24) is 15.5 Å². The fraction of sp³-hybridized carbons (Fsp3) is 0.467. The zero-order valence-corrected chi connectivity index (χ0v) is 12.0. The molecule has 108 valence electrons. The van der Waals surface area contributed by atoms with E-state index in [0.717, 1.165) is 23.0 Å². The van der Waals surface area contributed by atoms with Crippen LogP contribution in [0.4, 0.5) is 0 Å². The van der Waals surface area contributed by atoms with Crippen molar-refractivity contribution in [2.24, 2.45) is 11.7 Å². The lowest BCUT2D eigenvalue weighted by molar-refractivity contribution is -0.121. The first-order valence-electron chi connectivity index (χ1n) is 7.01. The van der Waals surface area contributed by atoms with Crippen LogP contribution in [0.25, 0.3) is 10.9 Å². The highest BCUT2D eigenvalue weighted by Crippen LogP contribution is 2.15. The summed E-state index contributed by atoms with van der Waals surface area (Å²) in [5.41, 5.74) is 7.43. The number of H-pyrrole nitrogens is 1. The number of aromatic amines is 1. The third-order valence-corrected chi connectivity index (χ3v) is 3.28. The van der Waals surface area contributed by atoms with Crippen LogP contribution in [0, 0.1) is 5.92 Å². The summed E-state index contributed by atoms with van der Waals surface area (Å²) < 4.78 is 0. The van der Waals surface area contributed by atoms with E-state index in [1.165, 1.54) is 0 Å². The van der Waals surface area contributed by atoms with E-state index in [0.29, 0.717) is 18.9 Å². The summed E-state index contributed by atoms with van der Waals surface area (Å²) in [5, 5.41) is 11.1. The summed E-state index contributed by atoms with van der Waals surface area (Å²) in [4.78, 5) is 12.1. The molecule has 0 aliphatic rings. The third kappa shape index (κ3) is 3.57. The summed E-state index contributed by atoms with van der Waals surface area (Å²) in [5.74, 6) is 0.493. The van der Waals surface area contributed by atoms with Crippen molar-refractivity contribution in [2.45, 2.75) is 32.7 Å². The molecule has 1 aromatic heterocycles. The monoisotopic (exact) mass is 274 g/mol. The smallest absolute Gasteiger partial charge is 0.226 e. The highest BCUT2D eigenvalue weighted by molar-refractivity contribution is 5.87. The van der Waals surface area contributed by atoms with Crippen LogP contribution in [0.5, 0.6) is 0 Å². The van der Waals surface area contributed by atoms with E-state index in [9.17, 15) is 4.79 Å². The Morgan fingerprint density at radius 1 is 1.40 bits per heavy atom. The fourth-order valence-corrected chi connectivity index (χ4v) is 2.37. The lowest BCUT2D eigenvalue weighted by Crippen LogP contribution is -2.41. The van der Waals surface area contributed by atoms with E-state index >= 15 is 0 Å². The number of nitrogens with zero attached hydrogens (tertiary/aromatic N) is 1. The number of rotatable bonds is 6. The average Bonchev–Trinajstić information content (AvgIpc) is 2.81. The van der Waals surface area contributed by atoms with Gasteiger partial charge in [-0.3, -0.25) is 9.89 Å². The Balaban J connectivity index is 2.00. The predicted octanol–water partition coefficient (Wildman–Crippen LogP) is 1.60. The summed E-state index contributed by atoms with van der Waals surface area (Å²) in [6, 6.07) is 7.81. The summed E-state index contributed by atoms with van der Waals surface area (Å²) in [6.07, 6.45) is 1.20. The molecule has 1 aromatic carbocycles. The van der Waals surface area contributed by atoms with E-state index in [-0.39, 0.29) is 11.9 Å². The Morgan fingerprint density at radius 2 is 2.15 bits per heavy atom. The molecule has 2 rings (SSSR count). The van der Waals surface area contributed by atoms with Gasteiger partial charge in [-0.1, -0.05) is 32.0 Å². The molecule has 2 aromatic rings. The normalized spacial score (nSPS) is 12.8. The van der Waals surface area contributed by atoms with Gasteiger partial charge in [-0.05, 0) is 18.4 Å². The van der Waals surface area contributed by atoms with Crippen molar-refractivity contribution in [3.05, 3.63) is 30.0 Å². The maximum atomic E-state index is 12.1. The number of benzene rings is 1. The number of carbonyl (C=O) groups is 1. The molecule has 5 nitrogen and oxygen atoms in total. The zero-order chi connectivity index (χ0) is 14.5. The number of aromatic nitrogens is 2. The van der Waals surface area contributed by atoms with Crippen LogP contribution in [-0.4, -0.2) is 28.7 Å². The lowest BCUT2D eigenvalue weighted by atomic mass is 10.0. The van der Waals surface area contributed by atoms with Crippen LogP contribution >= 0.6 is 0 Å². The highest BCUT2D eigenvalue weighted by atomic mass is 16.1. The quantitative estimate of drug-likeness (QED) is 0.748. The predicted molar refractivity (Wildman–Crippen MR) is 80.2 cm³/mol. The third-order valence-electron chi connectivity index (χ3n) is 3.28. The molecular formula is C15H22N4O. The first kappa shape index (κ1) is 14.5. The molecule has 0 saturated carbocycles. The fourth-order valence-electron chi connectivity index (χ4n) is 2.37. The van der Waals surface area contributed by atoms with Crippen molar-refractivity contribution in [2.75, 3.05) is 6.54 Å². The molecule has 0 radical (unpaired) electrons. The molecule has 5 heteroatoms. The summed E-state index contributed by atoms with van der Waals surface area (Å²) in [7, 11) is 0. The number of fused-ring (bicyclic) bond motifs is 1. The van der Waals surface area contributed by atoms with Crippen LogP contribution < -0.4 is 11.1 Å². The topological polar surface area (TPSA) is 83.8 Å². The van der Waals surface area contributed by atoms with Gasteiger partial charge in [-0.2, -0.15) is 5.10 Å². The maximum absolute atomic E-state index is 12.1. The molecule has 0 aliphatic carbocycles. The second-order valence-electron chi connectivity index (χ2n) is 5.53. The maximum Gasteiger partial charge on any atom is 0.226 e. The Kier molecular flexibility index (Phi) is 4.74. The molecular weight excluding hydrogens is 252 g/mol. The second kappa shape index (κ2) is 6.52. The Morgan fingerprint density at radius 3 is 2.85 bits per heavy atom. The number of carbonyl (C=O) groups excluding carboxylic acids is 1. The molecule has 1 heterocycles. The molecule has 0 bridgehead atoms. The Hall–Kier alpha value is -1.88. The van der Waals surface area contributed by atoms with Gasteiger partial charge in [0.25, 0.3) is 0 Å². The summed E-state index contributed by atoms with van der Waals surface area (Å²) in [6.45, 7) is 4.71. The molecule has 1 amide bonds. The van der Waals surface area contributed by atoms with Gasteiger partial charge in [0.1, 0.15) is 0 Å². The van der Waals surface area contributed by atoms with Gasteiger partial charge >= 0.3 is 0 Å². The number of para-hydroxylation sites is 1. The molecule has 4 N–H and O–H groups in total. The average molecular weight is 274 g/mol. The Labute approximate surface area is 118 Å². The highest BCUT2D eigenvalue weighted by Gasteiger charge is 2.14. The molecule has 1 atom stereocenters. The van der Waals surface area contributed by atoms with Crippen molar-refractivity contribution in [1.29, 1.82) is 0 Å². The molecule has 0 saturated heterocycles. The Bertz CT molecular complexity index is 576. The van der Waals surface area contributed by atoms with Crippen LogP contribution in [-0.2, 0) is 11.2 Å². The van der Waals surface area contributed by atoms with Gasteiger partial charge < -0.3 is 11.1 Å². The minimum atomic E-state index is -0.0181. The SMILES string of the molecule is CC(C)CC(CN)NC(=O)Cc1[nH]nc2ccccc12. The number of amides is 1. The molecule has 0 aliphatic heterocycles.